The smallest absolute Gasteiger partial charge is 0.255 e. The number of rotatable bonds is 8. The Bertz CT molecular complexity index is 1010. The lowest BCUT2D eigenvalue weighted by Crippen LogP contribution is -2.27. The van der Waals surface area contributed by atoms with E-state index in [1.54, 1.807) is 36.4 Å². The molecule has 2 aromatic rings. The lowest BCUT2D eigenvalue weighted by atomic mass is 10.0. The van der Waals surface area contributed by atoms with Gasteiger partial charge in [-0.05, 0) is 74.2 Å². The Balaban J connectivity index is 1.61. The Hall–Kier alpha value is -2.71. The van der Waals surface area contributed by atoms with Crippen LogP contribution in [-0.2, 0) is 14.8 Å². The van der Waals surface area contributed by atoms with Crippen molar-refractivity contribution in [3.8, 4) is 0 Å². The molecule has 166 valence electrons. The monoisotopic (exact) mass is 443 g/mol. The fourth-order valence-electron chi connectivity index (χ4n) is 3.60. The molecule has 1 saturated heterocycles. The molecular weight excluding hydrogens is 414 g/mol. The summed E-state index contributed by atoms with van der Waals surface area (Å²) in [4.78, 5) is 24.9. The van der Waals surface area contributed by atoms with E-state index in [9.17, 15) is 18.0 Å². The van der Waals surface area contributed by atoms with E-state index in [0.29, 0.717) is 30.0 Å². The van der Waals surface area contributed by atoms with Crippen LogP contribution in [0.4, 0.5) is 11.4 Å². The molecule has 0 aromatic heterocycles. The fourth-order valence-corrected chi connectivity index (χ4v) is 5.12. The van der Waals surface area contributed by atoms with Gasteiger partial charge in [0.15, 0.2) is 0 Å². The quantitative estimate of drug-likeness (QED) is 0.642. The number of anilines is 2. The van der Waals surface area contributed by atoms with Crippen LogP contribution < -0.4 is 10.6 Å². The van der Waals surface area contributed by atoms with E-state index >= 15 is 0 Å². The van der Waals surface area contributed by atoms with Crippen molar-refractivity contribution in [2.45, 2.75) is 44.4 Å². The molecule has 2 amide bonds. The molecule has 7 nitrogen and oxygen atoms in total. The van der Waals surface area contributed by atoms with Crippen LogP contribution in [0.25, 0.3) is 0 Å². The number of sulfonamides is 1. The van der Waals surface area contributed by atoms with Gasteiger partial charge in [0.25, 0.3) is 5.91 Å². The minimum atomic E-state index is -3.47. The van der Waals surface area contributed by atoms with Crippen molar-refractivity contribution in [2.24, 2.45) is 5.92 Å². The number of carbonyl (C=O) groups excluding carboxylic acids is 2. The number of amides is 2. The summed E-state index contributed by atoms with van der Waals surface area (Å²) in [6, 6.07) is 12.9. The van der Waals surface area contributed by atoms with Crippen LogP contribution in [-0.4, -0.2) is 37.6 Å². The molecule has 1 aliphatic rings. The number of nitrogens with zero attached hydrogens (tertiary/aromatic N) is 1. The molecule has 2 N–H and O–H groups in total. The van der Waals surface area contributed by atoms with Gasteiger partial charge in [0, 0.05) is 35.9 Å². The van der Waals surface area contributed by atoms with Crippen molar-refractivity contribution in [1.29, 1.82) is 0 Å². The molecule has 1 heterocycles. The van der Waals surface area contributed by atoms with Gasteiger partial charge in [-0.15, -0.1) is 0 Å². The molecule has 31 heavy (non-hydrogen) atoms. The van der Waals surface area contributed by atoms with E-state index < -0.39 is 10.0 Å². The summed E-state index contributed by atoms with van der Waals surface area (Å²) in [5.74, 6) is -0.362. The average molecular weight is 444 g/mol. The van der Waals surface area contributed by atoms with Crippen LogP contribution in [0.15, 0.2) is 53.4 Å². The zero-order valence-electron chi connectivity index (χ0n) is 17.9. The van der Waals surface area contributed by atoms with E-state index in [1.165, 1.54) is 16.4 Å². The second-order valence-corrected chi connectivity index (χ2v) is 9.61. The first-order chi connectivity index (χ1) is 14.8. The largest absolute Gasteiger partial charge is 0.326 e. The summed E-state index contributed by atoms with van der Waals surface area (Å²) in [5.41, 5.74) is 1.59. The molecular formula is C23H29N3O4S. The van der Waals surface area contributed by atoms with Crippen LogP contribution in [0.3, 0.4) is 0 Å². The van der Waals surface area contributed by atoms with E-state index in [-0.39, 0.29) is 22.6 Å². The van der Waals surface area contributed by atoms with Gasteiger partial charge in [-0.25, -0.2) is 8.42 Å². The van der Waals surface area contributed by atoms with Crippen molar-refractivity contribution in [3.05, 3.63) is 54.1 Å². The number of carbonyl (C=O) groups is 2. The maximum atomic E-state index is 12.6. The lowest BCUT2D eigenvalue weighted by Gasteiger charge is -2.15. The minimum Gasteiger partial charge on any atom is -0.326 e. The molecule has 0 radical (unpaired) electrons. The number of hydrogen-bond donors (Lipinski definition) is 2. The summed E-state index contributed by atoms with van der Waals surface area (Å²) in [6.45, 7) is 5.06. The molecule has 0 saturated carbocycles. The third kappa shape index (κ3) is 5.51. The molecule has 1 aliphatic heterocycles. The van der Waals surface area contributed by atoms with Gasteiger partial charge in [0.1, 0.15) is 0 Å². The summed E-state index contributed by atoms with van der Waals surface area (Å²) in [5, 5.41) is 5.64. The number of nitrogens with one attached hydrogen (secondary N) is 2. The minimum absolute atomic E-state index is 0.0221. The zero-order valence-corrected chi connectivity index (χ0v) is 18.7. The van der Waals surface area contributed by atoms with Gasteiger partial charge in [-0.3, -0.25) is 9.59 Å². The Morgan fingerprint density at radius 1 is 0.871 bits per heavy atom. The van der Waals surface area contributed by atoms with E-state index in [2.05, 4.69) is 10.6 Å². The highest BCUT2D eigenvalue weighted by Gasteiger charge is 2.27. The standard InChI is InChI=1S/C23H29N3O4S/c1-3-17(4-2)22(27)24-19-9-7-18(8-10-19)23(28)25-20-11-13-21(14-12-20)31(29,30)26-15-5-6-16-26/h7-14,17H,3-6,15-16H2,1-2H3,(H,24,27)(H,25,28). The average Bonchev–Trinajstić information content (AvgIpc) is 3.31. The highest BCUT2D eigenvalue weighted by molar-refractivity contribution is 7.89. The van der Waals surface area contributed by atoms with Crippen molar-refractivity contribution in [3.63, 3.8) is 0 Å². The molecule has 0 spiro atoms. The Kier molecular flexibility index (Phi) is 7.46. The molecule has 0 atom stereocenters. The second-order valence-electron chi connectivity index (χ2n) is 7.67. The van der Waals surface area contributed by atoms with Crippen molar-refractivity contribution in [2.75, 3.05) is 23.7 Å². The second kappa shape index (κ2) is 10.1. The molecule has 0 aliphatic carbocycles. The molecule has 3 rings (SSSR count). The predicted octanol–water partition coefficient (Wildman–Crippen LogP) is 4.10. The van der Waals surface area contributed by atoms with Crippen LogP contribution in [0.5, 0.6) is 0 Å². The van der Waals surface area contributed by atoms with Crippen LogP contribution in [0.1, 0.15) is 49.9 Å². The van der Waals surface area contributed by atoms with Crippen molar-refractivity contribution < 1.29 is 18.0 Å². The Morgan fingerprint density at radius 2 is 1.39 bits per heavy atom. The van der Waals surface area contributed by atoms with Gasteiger partial charge in [-0.2, -0.15) is 4.31 Å². The normalized spacial score (nSPS) is 14.5. The van der Waals surface area contributed by atoms with Gasteiger partial charge >= 0.3 is 0 Å². The molecule has 1 fully saturated rings. The van der Waals surface area contributed by atoms with Crippen molar-refractivity contribution in [1.82, 2.24) is 4.31 Å². The third-order valence-corrected chi connectivity index (χ3v) is 7.50. The number of hydrogen-bond acceptors (Lipinski definition) is 4. The highest BCUT2D eigenvalue weighted by Crippen LogP contribution is 2.22. The SMILES string of the molecule is CCC(CC)C(=O)Nc1ccc(C(=O)Nc2ccc(S(=O)(=O)N3CCCC3)cc2)cc1. The molecule has 0 bridgehead atoms. The van der Waals surface area contributed by atoms with E-state index in [1.807, 2.05) is 13.8 Å². The van der Waals surface area contributed by atoms with E-state index in [0.717, 1.165) is 25.7 Å². The molecule has 2 aromatic carbocycles. The third-order valence-electron chi connectivity index (χ3n) is 5.59. The van der Waals surface area contributed by atoms with Crippen molar-refractivity contribution >= 4 is 33.2 Å². The fraction of sp³-hybridized carbons (Fsp3) is 0.391. The maximum absolute atomic E-state index is 12.6. The lowest BCUT2D eigenvalue weighted by molar-refractivity contribution is -0.120. The predicted molar refractivity (Wildman–Crippen MR) is 122 cm³/mol. The zero-order chi connectivity index (χ0) is 22.4. The first-order valence-corrected chi connectivity index (χ1v) is 12.1. The summed E-state index contributed by atoms with van der Waals surface area (Å²) < 4.78 is 26.7. The molecule has 8 heteroatoms. The van der Waals surface area contributed by atoms with Crippen LogP contribution in [0, 0.1) is 5.92 Å². The van der Waals surface area contributed by atoms with Crippen LogP contribution in [0.2, 0.25) is 0 Å². The maximum Gasteiger partial charge on any atom is 0.255 e. The van der Waals surface area contributed by atoms with Gasteiger partial charge in [0.05, 0.1) is 4.90 Å². The Labute approximate surface area is 183 Å². The first-order valence-electron chi connectivity index (χ1n) is 10.7. The van der Waals surface area contributed by atoms with Gasteiger partial charge < -0.3 is 10.6 Å². The van der Waals surface area contributed by atoms with Gasteiger partial charge in [0.2, 0.25) is 15.9 Å². The Morgan fingerprint density at radius 3 is 1.94 bits per heavy atom. The topological polar surface area (TPSA) is 95.6 Å². The first kappa shape index (κ1) is 23.0. The van der Waals surface area contributed by atoms with Gasteiger partial charge in [-0.1, -0.05) is 13.8 Å². The summed E-state index contributed by atoms with van der Waals surface area (Å²) in [6.07, 6.45) is 3.32. The molecule has 0 unspecified atom stereocenters. The highest BCUT2D eigenvalue weighted by atomic mass is 32.2. The summed E-state index contributed by atoms with van der Waals surface area (Å²) >= 11 is 0. The van der Waals surface area contributed by atoms with E-state index in [4.69, 9.17) is 0 Å². The number of benzene rings is 2. The summed E-state index contributed by atoms with van der Waals surface area (Å²) in [7, 11) is -3.47. The van der Waals surface area contributed by atoms with Crippen LogP contribution >= 0.6 is 0 Å².